The van der Waals surface area contributed by atoms with Gasteiger partial charge in [0.05, 0.1) is 0 Å². The molecule has 14 heavy (non-hydrogen) atoms. The fourth-order valence-electron chi connectivity index (χ4n) is 1.12. The summed E-state index contributed by atoms with van der Waals surface area (Å²) in [5.41, 5.74) is 1.11. The van der Waals surface area contributed by atoms with E-state index < -0.39 is 11.4 Å². The second-order valence-corrected chi connectivity index (χ2v) is 4.32. The van der Waals surface area contributed by atoms with Gasteiger partial charge in [-0.3, -0.25) is 0 Å². The van der Waals surface area contributed by atoms with Crippen LogP contribution in [0, 0.1) is 4.91 Å². The lowest BCUT2D eigenvalue weighted by atomic mass is 10.2. The van der Waals surface area contributed by atoms with E-state index in [0.29, 0.717) is 4.90 Å². The molecule has 5 heteroatoms. The summed E-state index contributed by atoms with van der Waals surface area (Å²) in [6, 6.07) is 7.02. The molecule has 0 spiro atoms. The fraction of sp³-hybridized carbons (Fsp3) is 0.333. The minimum Gasteiger partial charge on any atom is -0.583 e. The Bertz CT molecular complexity index is 300. The summed E-state index contributed by atoms with van der Waals surface area (Å²) in [5.74, 6) is 0. The van der Waals surface area contributed by atoms with E-state index in [9.17, 15) is 9.46 Å². The predicted octanol–water partition coefficient (Wildman–Crippen LogP) is 1.54. The van der Waals surface area contributed by atoms with Gasteiger partial charge in [0.15, 0.2) is 20.8 Å². The Labute approximate surface area is 86.2 Å². The summed E-state index contributed by atoms with van der Waals surface area (Å²) < 4.78 is 13.4. The highest BCUT2D eigenvalue weighted by molar-refractivity contribution is 7.90. The third-order valence-electron chi connectivity index (χ3n) is 1.69. The van der Waals surface area contributed by atoms with Gasteiger partial charge in [0.2, 0.25) is 0 Å². The Morgan fingerprint density at radius 2 is 1.93 bits per heavy atom. The molecule has 0 radical (unpaired) electrons. The van der Waals surface area contributed by atoms with Crippen molar-refractivity contribution >= 4 is 11.4 Å². The minimum absolute atomic E-state index is 0.447. The van der Waals surface area contributed by atoms with Crippen LogP contribution in [0.2, 0.25) is 0 Å². The van der Waals surface area contributed by atoms with Crippen LogP contribution < -0.4 is 0 Å². The molecular weight excluding hydrogens is 200 g/mol. The molecule has 1 atom stereocenters. The summed E-state index contributed by atoms with van der Waals surface area (Å²) in [6.07, 6.45) is 0. The average molecular weight is 212 g/mol. The minimum atomic E-state index is -1.76. The molecule has 1 rings (SSSR count). The quantitative estimate of drug-likeness (QED) is 0.562. The number of benzene rings is 1. The van der Waals surface area contributed by atoms with Gasteiger partial charge in [0.25, 0.3) is 0 Å². The van der Waals surface area contributed by atoms with Crippen molar-refractivity contribution in [1.29, 1.82) is 0 Å². The van der Waals surface area contributed by atoms with Crippen molar-refractivity contribution in [2.75, 3.05) is 14.1 Å². The van der Waals surface area contributed by atoms with E-state index in [0.717, 1.165) is 12.1 Å². The van der Waals surface area contributed by atoms with Crippen molar-refractivity contribution in [3.63, 3.8) is 0 Å². The van der Waals surface area contributed by atoms with Crippen molar-refractivity contribution in [3.8, 4) is 0 Å². The van der Waals surface area contributed by atoms with Gasteiger partial charge in [-0.1, -0.05) is 17.0 Å². The van der Waals surface area contributed by atoms with Crippen molar-refractivity contribution in [3.05, 3.63) is 34.7 Å². The Hall–Kier alpha value is -0.910. The SMILES string of the molecule is CN(C)Cc1ccc([S+]([O-])N=O)cc1. The lowest BCUT2D eigenvalue weighted by Crippen LogP contribution is -2.10. The van der Waals surface area contributed by atoms with E-state index in [1.807, 2.05) is 31.1 Å². The van der Waals surface area contributed by atoms with Crippen LogP contribution in [-0.2, 0) is 17.9 Å². The molecule has 0 fully saturated rings. The molecule has 0 bridgehead atoms. The highest BCUT2D eigenvalue weighted by atomic mass is 32.2. The molecule has 1 aromatic carbocycles. The summed E-state index contributed by atoms with van der Waals surface area (Å²) >= 11 is -1.76. The van der Waals surface area contributed by atoms with E-state index in [2.05, 4.69) is 4.58 Å². The van der Waals surface area contributed by atoms with Crippen molar-refractivity contribution < 1.29 is 4.55 Å². The van der Waals surface area contributed by atoms with E-state index >= 15 is 0 Å². The number of hydrogen-bond donors (Lipinski definition) is 0. The lowest BCUT2D eigenvalue weighted by Gasteiger charge is -2.09. The molecule has 4 nitrogen and oxygen atoms in total. The first kappa shape index (κ1) is 11.2. The van der Waals surface area contributed by atoms with Crippen LogP contribution in [0.25, 0.3) is 0 Å². The average Bonchev–Trinajstić information content (AvgIpc) is 2.17. The standard InChI is InChI=1S/C9H12N2O2S/c1-11(2)7-8-3-5-9(6-4-8)14(13)10-12/h3-6H,7H2,1-2H3. The number of hydrogen-bond acceptors (Lipinski definition) is 4. The van der Waals surface area contributed by atoms with Gasteiger partial charge >= 0.3 is 0 Å². The maximum atomic E-state index is 11.0. The first-order valence-corrected chi connectivity index (χ1v) is 5.23. The van der Waals surface area contributed by atoms with Gasteiger partial charge in [0, 0.05) is 6.54 Å². The van der Waals surface area contributed by atoms with Gasteiger partial charge in [-0.05, 0) is 31.8 Å². The van der Waals surface area contributed by atoms with Crippen LogP contribution >= 0.6 is 0 Å². The van der Waals surface area contributed by atoms with Crippen LogP contribution in [0.15, 0.2) is 33.7 Å². The largest absolute Gasteiger partial charge is 0.583 e. The third-order valence-corrected chi connectivity index (χ3v) is 2.50. The van der Waals surface area contributed by atoms with Crippen molar-refractivity contribution in [2.24, 2.45) is 4.58 Å². The van der Waals surface area contributed by atoms with Gasteiger partial charge < -0.3 is 9.45 Å². The molecule has 76 valence electrons. The summed E-state index contributed by atoms with van der Waals surface area (Å²) in [4.78, 5) is 12.5. The predicted molar refractivity (Wildman–Crippen MR) is 56.0 cm³/mol. The van der Waals surface area contributed by atoms with E-state index in [1.54, 1.807) is 12.1 Å². The Morgan fingerprint density at radius 1 is 1.36 bits per heavy atom. The zero-order valence-corrected chi connectivity index (χ0v) is 8.95. The van der Waals surface area contributed by atoms with Gasteiger partial charge in [-0.25, -0.2) is 0 Å². The van der Waals surface area contributed by atoms with Crippen LogP contribution in [-0.4, -0.2) is 23.5 Å². The van der Waals surface area contributed by atoms with Crippen LogP contribution in [0.1, 0.15) is 5.56 Å². The van der Waals surface area contributed by atoms with Crippen LogP contribution in [0.4, 0.5) is 0 Å². The van der Waals surface area contributed by atoms with Gasteiger partial charge in [-0.15, -0.1) is 0 Å². The van der Waals surface area contributed by atoms with Gasteiger partial charge in [-0.2, -0.15) is 0 Å². The second kappa shape index (κ2) is 5.09. The molecule has 0 saturated carbocycles. The summed E-state index contributed by atoms with van der Waals surface area (Å²) in [6.45, 7) is 0.821. The molecule has 0 aliphatic rings. The molecule has 0 aromatic heterocycles. The summed E-state index contributed by atoms with van der Waals surface area (Å²) in [5, 5.41) is 0. The molecule has 0 amide bonds. The Kier molecular flexibility index (Phi) is 4.06. The van der Waals surface area contributed by atoms with E-state index in [4.69, 9.17) is 0 Å². The number of nitroso groups, excluding NO2 is 1. The highest BCUT2D eigenvalue weighted by Gasteiger charge is 2.10. The zero-order chi connectivity index (χ0) is 10.6. The smallest absolute Gasteiger partial charge is 0.185 e. The molecular formula is C9H12N2O2S. The molecule has 0 aliphatic carbocycles. The normalized spacial score (nSPS) is 12.9. The van der Waals surface area contributed by atoms with Crippen LogP contribution in [0.3, 0.4) is 0 Å². The van der Waals surface area contributed by atoms with E-state index in [1.165, 1.54) is 0 Å². The topological polar surface area (TPSA) is 55.7 Å². The Balaban J connectivity index is 2.73. The molecule has 0 saturated heterocycles. The maximum Gasteiger partial charge on any atom is 0.185 e. The first-order valence-electron chi connectivity index (χ1n) is 4.12. The maximum absolute atomic E-state index is 11.0. The highest BCUT2D eigenvalue weighted by Crippen LogP contribution is 2.13. The lowest BCUT2D eigenvalue weighted by molar-refractivity contribution is 0.402. The Morgan fingerprint density at radius 3 is 2.36 bits per heavy atom. The number of nitrogens with zero attached hydrogens (tertiary/aromatic N) is 2. The summed E-state index contributed by atoms with van der Waals surface area (Å²) in [7, 11) is 3.94. The molecule has 0 heterocycles. The first-order chi connectivity index (χ1) is 6.63. The fourth-order valence-corrected chi connectivity index (χ4v) is 1.57. The molecule has 0 N–H and O–H groups in total. The van der Waals surface area contributed by atoms with Gasteiger partial charge in [0.1, 0.15) is 0 Å². The van der Waals surface area contributed by atoms with Crippen molar-refractivity contribution in [2.45, 2.75) is 11.4 Å². The molecule has 1 aromatic rings. The molecule has 1 unspecified atom stereocenters. The number of rotatable bonds is 4. The molecule has 0 aliphatic heterocycles. The third kappa shape index (κ3) is 3.10. The zero-order valence-electron chi connectivity index (χ0n) is 8.14. The van der Waals surface area contributed by atoms with E-state index in [-0.39, 0.29) is 0 Å². The second-order valence-electron chi connectivity index (χ2n) is 3.21. The van der Waals surface area contributed by atoms with Crippen LogP contribution in [0.5, 0.6) is 0 Å². The monoisotopic (exact) mass is 212 g/mol. The van der Waals surface area contributed by atoms with Crippen molar-refractivity contribution in [1.82, 2.24) is 4.90 Å².